The van der Waals surface area contributed by atoms with Crippen LogP contribution in [0.3, 0.4) is 0 Å². The summed E-state index contributed by atoms with van der Waals surface area (Å²) in [4.78, 5) is 41.8. The van der Waals surface area contributed by atoms with Gasteiger partial charge in [0, 0.05) is 19.8 Å². The number of anilines is 1. The summed E-state index contributed by atoms with van der Waals surface area (Å²) in [6, 6.07) is 12.6. The largest absolute Gasteiger partial charge is 0.494 e. The minimum absolute atomic E-state index is 0.0202. The van der Waals surface area contributed by atoms with E-state index in [-0.39, 0.29) is 22.3 Å². The van der Waals surface area contributed by atoms with Gasteiger partial charge in [-0.3, -0.25) is 18.7 Å². The van der Waals surface area contributed by atoms with Crippen LogP contribution in [-0.2, 0) is 25.3 Å². The first-order chi connectivity index (χ1) is 15.7. The van der Waals surface area contributed by atoms with Crippen molar-refractivity contribution >= 4 is 34.1 Å². The summed E-state index contributed by atoms with van der Waals surface area (Å²) < 4.78 is 15.0. The molecular weight excluding hydrogens is 447 g/mol. The lowest BCUT2D eigenvalue weighted by molar-refractivity contribution is -0.113. The Balaban J connectivity index is 1.93. The van der Waals surface area contributed by atoms with Crippen molar-refractivity contribution in [2.24, 2.45) is 19.1 Å². The topological polar surface area (TPSA) is 106 Å². The van der Waals surface area contributed by atoms with Gasteiger partial charge in [-0.05, 0) is 48.4 Å². The molecule has 0 aliphatic heterocycles. The molecule has 1 amide bonds. The molecule has 0 fully saturated rings. The molecule has 3 rings (SSSR count). The van der Waals surface area contributed by atoms with Crippen LogP contribution in [0.25, 0.3) is 0 Å². The van der Waals surface area contributed by atoms with Crippen LogP contribution in [0.4, 0.5) is 15.8 Å². The van der Waals surface area contributed by atoms with E-state index < -0.39 is 22.9 Å². The molecular formula is C23H23FN4O4S. The summed E-state index contributed by atoms with van der Waals surface area (Å²) in [5, 5.41) is 13.3. The van der Waals surface area contributed by atoms with Crippen LogP contribution in [0.1, 0.15) is 18.1 Å². The number of amides is 1. The number of hydrogen-bond donors (Lipinski definition) is 2. The molecule has 0 aliphatic rings. The van der Waals surface area contributed by atoms with E-state index in [1.165, 1.54) is 38.4 Å². The molecule has 172 valence electrons. The molecule has 2 N–H and O–H groups in total. The van der Waals surface area contributed by atoms with Gasteiger partial charge in [-0.15, -0.1) is 0 Å². The summed E-state index contributed by atoms with van der Waals surface area (Å²) in [6.45, 7) is 2.03. The van der Waals surface area contributed by atoms with E-state index in [1.54, 1.807) is 12.1 Å². The number of carbonyl (C=O) groups is 1. The van der Waals surface area contributed by atoms with Crippen molar-refractivity contribution in [1.82, 2.24) is 9.13 Å². The third-order valence-corrected chi connectivity index (χ3v) is 5.87. The number of thioether (sulfide) groups is 1. The highest BCUT2D eigenvalue weighted by atomic mass is 32.2. The van der Waals surface area contributed by atoms with Gasteiger partial charge in [-0.1, -0.05) is 30.8 Å². The Kier molecular flexibility index (Phi) is 7.49. The highest BCUT2D eigenvalue weighted by Gasteiger charge is 2.22. The molecule has 0 saturated heterocycles. The number of nitrogens with zero attached hydrogens (tertiary/aromatic N) is 3. The number of carbonyl (C=O) groups excluding carboxylic acids is 1. The quantitative estimate of drug-likeness (QED) is 0.426. The number of benzene rings is 2. The minimum Gasteiger partial charge on any atom is -0.494 e. The van der Waals surface area contributed by atoms with Gasteiger partial charge in [0.2, 0.25) is 11.8 Å². The summed E-state index contributed by atoms with van der Waals surface area (Å²) in [7, 11) is 2.59. The molecule has 10 heteroatoms. The van der Waals surface area contributed by atoms with Crippen molar-refractivity contribution in [2.75, 3.05) is 11.1 Å². The molecule has 1 heterocycles. The molecule has 0 atom stereocenters. The summed E-state index contributed by atoms with van der Waals surface area (Å²) in [6.07, 6.45) is 0.880. The maximum atomic E-state index is 13.3. The van der Waals surface area contributed by atoms with Crippen molar-refractivity contribution in [1.29, 1.82) is 0 Å². The van der Waals surface area contributed by atoms with Gasteiger partial charge < -0.3 is 10.4 Å². The van der Waals surface area contributed by atoms with Crippen molar-refractivity contribution < 1.29 is 14.3 Å². The molecule has 0 aliphatic carbocycles. The van der Waals surface area contributed by atoms with Crippen LogP contribution in [0.15, 0.2) is 63.1 Å². The van der Waals surface area contributed by atoms with Crippen molar-refractivity contribution in [3.8, 4) is 5.88 Å². The predicted octanol–water partition coefficient (Wildman–Crippen LogP) is 2.94. The first-order valence-electron chi connectivity index (χ1n) is 10.1. The van der Waals surface area contributed by atoms with Crippen molar-refractivity contribution in [2.45, 2.75) is 13.3 Å². The second-order valence-corrected chi connectivity index (χ2v) is 8.15. The number of nitrogens with one attached hydrogen (secondary N) is 1. The van der Waals surface area contributed by atoms with E-state index in [2.05, 4.69) is 10.3 Å². The molecule has 0 unspecified atom stereocenters. The molecule has 2 aromatic carbocycles. The number of rotatable bonds is 6. The van der Waals surface area contributed by atoms with E-state index in [4.69, 9.17) is 0 Å². The van der Waals surface area contributed by atoms with Gasteiger partial charge in [-0.2, -0.15) is 0 Å². The van der Waals surface area contributed by atoms with Crippen molar-refractivity contribution in [3.05, 3.63) is 86.3 Å². The fourth-order valence-electron chi connectivity index (χ4n) is 2.97. The van der Waals surface area contributed by atoms with E-state index in [9.17, 15) is 23.9 Å². The highest BCUT2D eigenvalue weighted by Crippen LogP contribution is 2.23. The Bertz CT molecular complexity index is 1310. The van der Waals surface area contributed by atoms with Gasteiger partial charge in [0.1, 0.15) is 16.4 Å². The Labute approximate surface area is 193 Å². The van der Waals surface area contributed by atoms with Crippen LogP contribution in [0, 0.1) is 5.82 Å². The normalized spacial score (nSPS) is 11.5. The molecule has 0 radical (unpaired) electrons. The zero-order chi connectivity index (χ0) is 24.1. The zero-order valence-electron chi connectivity index (χ0n) is 18.3. The fourth-order valence-corrected chi connectivity index (χ4v) is 3.80. The third-order valence-electron chi connectivity index (χ3n) is 4.89. The second kappa shape index (κ2) is 10.3. The molecule has 8 nitrogen and oxygen atoms in total. The Morgan fingerprint density at radius 3 is 2.30 bits per heavy atom. The third kappa shape index (κ3) is 5.58. The Morgan fingerprint density at radius 1 is 1.06 bits per heavy atom. The number of hydrogen-bond acceptors (Lipinski definition) is 6. The molecule has 0 saturated carbocycles. The second-order valence-electron chi connectivity index (χ2n) is 7.19. The SMILES string of the molecule is CCc1ccc(NC(=O)CSC(=Nc2ccc(F)cc2)c2c(O)n(C)c(=O)n(C)c2=O)cc1. The van der Waals surface area contributed by atoms with Crippen molar-refractivity contribution in [3.63, 3.8) is 0 Å². The van der Waals surface area contributed by atoms with Gasteiger partial charge in [0.25, 0.3) is 5.56 Å². The number of halogens is 1. The number of aromatic hydroxyl groups is 1. The maximum Gasteiger partial charge on any atom is 0.333 e. The lowest BCUT2D eigenvalue weighted by Crippen LogP contribution is -2.39. The van der Waals surface area contributed by atoms with E-state index in [1.807, 2.05) is 19.1 Å². The van der Waals surface area contributed by atoms with E-state index in [0.29, 0.717) is 11.4 Å². The molecule has 0 bridgehead atoms. The van der Waals surface area contributed by atoms with Crippen LogP contribution in [0.2, 0.25) is 0 Å². The average Bonchev–Trinajstić information content (AvgIpc) is 2.81. The molecule has 33 heavy (non-hydrogen) atoms. The lowest BCUT2D eigenvalue weighted by Gasteiger charge is -2.12. The van der Waals surface area contributed by atoms with Crippen LogP contribution in [-0.4, -0.2) is 30.9 Å². The standard InChI is InChI=1S/C23H23FN4O4S/c1-4-14-5-9-16(10-6-14)25-18(29)13-33-20(26-17-11-7-15(24)8-12-17)19-21(30)27(2)23(32)28(3)22(19)31/h5-12,30H,4,13H2,1-3H3,(H,25,29). The van der Waals surface area contributed by atoms with Gasteiger partial charge in [0.15, 0.2) is 0 Å². The molecule has 1 aromatic heterocycles. The minimum atomic E-state index is -0.764. The first-order valence-corrected chi connectivity index (χ1v) is 11.0. The summed E-state index contributed by atoms with van der Waals surface area (Å²) in [5.41, 5.74) is 0.367. The summed E-state index contributed by atoms with van der Waals surface area (Å²) in [5.74, 6) is -1.51. The predicted molar refractivity (Wildman–Crippen MR) is 128 cm³/mol. The van der Waals surface area contributed by atoms with Crippen LogP contribution >= 0.6 is 11.8 Å². The van der Waals surface area contributed by atoms with Gasteiger partial charge in [-0.25, -0.2) is 14.2 Å². The van der Waals surface area contributed by atoms with Crippen LogP contribution in [0.5, 0.6) is 5.88 Å². The van der Waals surface area contributed by atoms with E-state index in [0.717, 1.165) is 32.9 Å². The van der Waals surface area contributed by atoms with Gasteiger partial charge >= 0.3 is 5.69 Å². The van der Waals surface area contributed by atoms with E-state index >= 15 is 0 Å². The number of aliphatic imine (C=N–C) groups is 1. The first kappa shape index (κ1) is 24.0. The maximum absolute atomic E-state index is 13.3. The molecule has 3 aromatic rings. The average molecular weight is 471 g/mol. The monoisotopic (exact) mass is 470 g/mol. The number of aryl methyl sites for hydroxylation is 1. The molecule has 0 spiro atoms. The van der Waals surface area contributed by atoms with Gasteiger partial charge in [0.05, 0.1) is 11.4 Å². The number of aromatic nitrogens is 2. The van der Waals surface area contributed by atoms with Crippen LogP contribution < -0.4 is 16.6 Å². The Morgan fingerprint density at radius 2 is 1.70 bits per heavy atom. The summed E-state index contributed by atoms with van der Waals surface area (Å²) >= 11 is 0.916. The fraction of sp³-hybridized carbons (Fsp3) is 0.217. The smallest absolute Gasteiger partial charge is 0.333 e. The Hall–Kier alpha value is -3.66. The zero-order valence-corrected chi connectivity index (χ0v) is 19.1. The highest BCUT2D eigenvalue weighted by molar-refractivity contribution is 8.15. The lowest BCUT2D eigenvalue weighted by atomic mass is 10.1.